The number of carbonyl (C=O) groups excluding carboxylic acids is 2. The van der Waals surface area contributed by atoms with Crippen LogP contribution in [0.25, 0.3) is 0 Å². The first-order valence-corrected chi connectivity index (χ1v) is 8.69. The van der Waals surface area contributed by atoms with Gasteiger partial charge in [-0.2, -0.15) is 0 Å². The summed E-state index contributed by atoms with van der Waals surface area (Å²) < 4.78 is 5.22. The second-order valence-electron chi connectivity index (χ2n) is 5.20. The first-order valence-electron chi connectivity index (χ1n) is 7.17. The van der Waals surface area contributed by atoms with Crippen LogP contribution in [0.15, 0.2) is 47.1 Å². The molecular weight excluding hydrogens is 422 g/mol. The number of benzene rings is 2. The fourth-order valence-electron chi connectivity index (χ4n) is 2.41. The monoisotopic (exact) mass is 430 g/mol. The number of amides is 2. The smallest absolute Gasteiger partial charge is 0.283 e. The summed E-state index contributed by atoms with van der Waals surface area (Å²) >= 11 is 24.1. The standard InChI is InChI=1S/C17H10Cl4N2O3/c1-26-13-5-3-9(19)7-11(13)22-15-14(21)16(24)23(17(15)25)12-4-2-8(18)6-10(12)20/h2-7,22H,1H3. The highest BCUT2D eigenvalue weighted by Crippen LogP contribution is 2.37. The van der Waals surface area contributed by atoms with Crippen LogP contribution in [0, 0.1) is 0 Å². The van der Waals surface area contributed by atoms with Crippen molar-refractivity contribution in [1.82, 2.24) is 0 Å². The van der Waals surface area contributed by atoms with Gasteiger partial charge in [0.1, 0.15) is 16.5 Å². The summed E-state index contributed by atoms with van der Waals surface area (Å²) in [7, 11) is 1.46. The van der Waals surface area contributed by atoms with Gasteiger partial charge < -0.3 is 10.1 Å². The van der Waals surface area contributed by atoms with Gasteiger partial charge in [-0.3, -0.25) is 9.59 Å². The zero-order chi connectivity index (χ0) is 19.0. The summed E-state index contributed by atoms with van der Waals surface area (Å²) in [6, 6.07) is 9.21. The van der Waals surface area contributed by atoms with Gasteiger partial charge >= 0.3 is 0 Å². The van der Waals surface area contributed by atoms with Crippen LogP contribution < -0.4 is 15.0 Å². The molecule has 0 aliphatic carbocycles. The van der Waals surface area contributed by atoms with Gasteiger partial charge in [0.15, 0.2) is 0 Å². The third-order valence-corrected chi connectivity index (χ3v) is 4.72. The molecule has 0 bridgehead atoms. The maximum absolute atomic E-state index is 12.8. The molecule has 5 nitrogen and oxygen atoms in total. The SMILES string of the molecule is COc1ccc(Cl)cc1NC1=C(Cl)C(=O)N(c2ccc(Cl)cc2Cl)C1=O. The van der Waals surface area contributed by atoms with Gasteiger partial charge in [-0.05, 0) is 36.4 Å². The normalized spacial score (nSPS) is 14.3. The van der Waals surface area contributed by atoms with E-state index in [1.807, 2.05) is 0 Å². The lowest BCUT2D eigenvalue weighted by Gasteiger charge is -2.17. The molecule has 0 saturated carbocycles. The third kappa shape index (κ3) is 3.35. The van der Waals surface area contributed by atoms with E-state index in [0.717, 1.165) is 4.90 Å². The molecule has 0 spiro atoms. The molecule has 1 N–H and O–H groups in total. The van der Waals surface area contributed by atoms with E-state index in [1.165, 1.54) is 25.3 Å². The number of hydrogen-bond donors (Lipinski definition) is 1. The maximum Gasteiger partial charge on any atom is 0.283 e. The number of halogens is 4. The summed E-state index contributed by atoms with van der Waals surface area (Å²) in [5.41, 5.74) is 0.459. The van der Waals surface area contributed by atoms with Crippen molar-refractivity contribution in [2.45, 2.75) is 0 Å². The fourth-order valence-corrected chi connectivity index (χ4v) is 3.28. The Hall–Kier alpha value is -1.92. The number of methoxy groups -OCH3 is 1. The second-order valence-corrected chi connectivity index (χ2v) is 6.86. The van der Waals surface area contributed by atoms with Crippen molar-refractivity contribution in [2.24, 2.45) is 0 Å². The molecule has 26 heavy (non-hydrogen) atoms. The van der Waals surface area contributed by atoms with Crippen molar-refractivity contribution < 1.29 is 14.3 Å². The van der Waals surface area contributed by atoms with E-state index < -0.39 is 11.8 Å². The Morgan fingerprint density at radius 1 is 0.923 bits per heavy atom. The van der Waals surface area contributed by atoms with Crippen LogP contribution in [-0.2, 0) is 9.59 Å². The minimum atomic E-state index is -0.704. The van der Waals surface area contributed by atoms with Crippen LogP contribution in [0.4, 0.5) is 11.4 Å². The molecule has 1 heterocycles. The average Bonchev–Trinajstić information content (AvgIpc) is 2.79. The van der Waals surface area contributed by atoms with Gasteiger partial charge in [-0.1, -0.05) is 46.4 Å². The molecule has 0 saturated heterocycles. The van der Waals surface area contributed by atoms with Crippen LogP contribution in [0.2, 0.25) is 15.1 Å². The minimum Gasteiger partial charge on any atom is -0.495 e. The molecule has 0 atom stereocenters. The number of nitrogens with zero attached hydrogens (tertiary/aromatic N) is 1. The van der Waals surface area contributed by atoms with Crippen LogP contribution in [0.3, 0.4) is 0 Å². The van der Waals surface area contributed by atoms with E-state index in [-0.39, 0.29) is 21.4 Å². The largest absolute Gasteiger partial charge is 0.495 e. The molecule has 9 heteroatoms. The third-order valence-electron chi connectivity index (χ3n) is 3.60. The Bertz CT molecular complexity index is 959. The number of carbonyl (C=O) groups is 2. The van der Waals surface area contributed by atoms with Crippen LogP contribution in [0.1, 0.15) is 0 Å². The summed E-state index contributed by atoms with van der Waals surface area (Å²) in [4.78, 5) is 26.2. The average molecular weight is 432 g/mol. The summed E-state index contributed by atoms with van der Waals surface area (Å²) in [6.45, 7) is 0. The van der Waals surface area contributed by atoms with Crippen molar-refractivity contribution in [3.63, 3.8) is 0 Å². The van der Waals surface area contributed by atoms with E-state index in [0.29, 0.717) is 21.5 Å². The number of rotatable bonds is 4. The molecule has 1 aliphatic heterocycles. The second kappa shape index (κ2) is 7.37. The van der Waals surface area contributed by atoms with Crippen molar-refractivity contribution in [3.8, 4) is 5.75 Å². The number of hydrogen-bond acceptors (Lipinski definition) is 4. The molecular formula is C17H10Cl4N2O3. The van der Waals surface area contributed by atoms with Crippen molar-refractivity contribution >= 4 is 69.6 Å². The zero-order valence-corrected chi connectivity index (χ0v) is 16.2. The Balaban J connectivity index is 1.98. The molecule has 2 amide bonds. The topological polar surface area (TPSA) is 58.6 Å². The van der Waals surface area contributed by atoms with E-state index in [9.17, 15) is 9.59 Å². The van der Waals surface area contributed by atoms with Crippen molar-refractivity contribution in [3.05, 3.63) is 62.2 Å². The van der Waals surface area contributed by atoms with Gasteiger partial charge in [0.05, 0.1) is 23.5 Å². The van der Waals surface area contributed by atoms with E-state index in [4.69, 9.17) is 51.1 Å². The number of imide groups is 1. The first kappa shape index (κ1) is 18.9. The Labute approximate surface area is 169 Å². The summed E-state index contributed by atoms with van der Waals surface area (Å²) in [6.07, 6.45) is 0. The summed E-state index contributed by atoms with van der Waals surface area (Å²) in [5, 5.41) is 3.48. The Morgan fingerprint density at radius 2 is 1.58 bits per heavy atom. The van der Waals surface area contributed by atoms with Gasteiger partial charge in [-0.15, -0.1) is 0 Å². The van der Waals surface area contributed by atoms with Gasteiger partial charge in [0, 0.05) is 10.0 Å². The molecule has 3 rings (SSSR count). The number of ether oxygens (including phenoxy) is 1. The van der Waals surface area contributed by atoms with Gasteiger partial charge in [0.2, 0.25) is 0 Å². The fraction of sp³-hybridized carbons (Fsp3) is 0.0588. The molecule has 0 fully saturated rings. The highest BCUT2D eigenvalue weighted by Gasteiger charge is 2.40. The van der Waals surface area contributed by atoms with Crippen molar-refractivity contribution in [2.75, 3.05) is 17.3 Å². The molecule has 0 unspecified atom stereocenters. The van der Waals surface area contributed by atoms with Gasteiger partial charge in [0.25, 0.3) is 11.8 Å². The molecule has 2 aromatic carbocycles. The Kier molecular flexibility index (Phi) is 5.34. The van der Waals surface area contributed by atoms with E-state index >= 15 is 0 Å². The maximum atomic E-state index is 12.8. The minimum absolute atomic E-state index is 0.108. The van der Waals surface area contributed by atoms with Gasteiger partial charge in [-0.25, -0.2) is 4.90 Å². The molecule has 0 aromatic heterocycles. The predicted molar refractivity (Wildman–Crippen MR) is 103 cm³/mol. The van der Waals surface area contributed by atoms with Crippen LogP contribution in [-0.4, -0.2) is 18.9 Å². The molecule has 134 valence electrons. The highest BCUT2D eigenvalue weighted by molar-refractivity contribution is 6.54. The lowest BCUT2D eigenvalue weighted by atomic mass is 10.2. The number of anilines is 2. The molecule has 2 aromatic rings. The molecule has 0 radical (unpaired) electrons. The first-order chi connectivity index (χ1) is 12.3. The van der Waals surface area contributed by atoms with Crippen molar-refractivity contribution in [1.29, 1.82) is 0 Å². The lowest BCUT2D eigenvalue weighted by molar-refractivity contribution is -0.120. The van der Waals surface area contributed by atoms with Crippen LogP contribution in [0.5, 0.6) is 5.75 Å². The van der Waals surface area contributed by atoms with E-state index in [2.05, 4.69) is 5.32 Å². The number of nitrogens with one attached hydrogen (secondary N) is 1. The highest BCUT2D eigenvalue weighted by atomic mass is 35.5. The zero-order valence-electron chi connectivity index (χ0n) is 13.1. The Morgan fingerprint density at radius 3 is 2.23 bits per heavy atom. The quantitative estimate of drug-likeness (QED) is 0.684. The van der Waals surface area contributed by atoms with Crippen LogP contribution >= 0.6 is 46.4 Å². The van der Waals surface area contributed by atoms with E-state index in [1.54, 1.807) is 18.2 Å². The predicted octanol–water partition coefficient (Wildman–Crippen LogP) is 5.09. The summed E-state index contributed by atoms with van der Waals surface area (Å²) in [5.74, 6) is -0.940. The molecule has 1 aliphatic rings. The lowest BCUT2D eigenvalue weighted by Crippen LogP contribution is -2.32.